The van der Waals surface area contributed by atoms with Gasteiger partial charge in [-0.3, -0.25) is 9.59 Å². The molecule has 0 saturated heterocycles. The number of Topliss-reactive ketones (excluding diaryl/α,β-unsaturated/α-hetero) is 2. The molecule has 1 N–H and O–H groups in total. The number of hydrogen-bond donors (Lipinski definition) is 1. The summed E-state index contributed by atoms with van der Waals surface area (Å²) in [6.07, 6.45) is 1.82. The molecule has 188 valence electrons. The van der Waals surface area contributed by atoms with E-state index in [9.17, 15) is 14.7 Å². The van der Waals surface area contributed by atoms with Gasteiger partial charge in [-0.05, 0) is 39.8 Å². The first-order chi connectivity index (χ1) is 18.4. The summed E-state index contributed by atoms with van der Waals surface area (Å²) >= 11 is 6.64. The van der Waals surface area contributed by atoms with Crippen LogP contribution >= 0.6 is 11.6 Å². The number of ether oxygens (including phenoxy) is 2. The Kier molecular flexibility index (Phi) is 4.91. The fourth-order valence-corrected chi connectivity index (χ4v) is 6.42. The minimum atomic E-state index is -2.22. The highest BCUT2D eigenvalue weighted by Gasteiger charge is 2.67. The molecule has 0 fully saturated rings. The van der Waals surface area contributed by atoms with Crippen molar-refractivity contribution in [1.82, 2.24) is 0 Å². The molecule has 0 bridgehead atoms. The van der Waals surface area contributed by atoms with Crippen LogP contribution in [0.2, 0.25) is 0 Å². The first kappa shape index (κ1) is 23.2. The Labute approximate surface area is 223 Å². The highest BCUT2D eigenvalue weighted by Crippen LogP contribution is 2.57. The van der Waals surface area contributed by atoms with Gasteiger partial charge in [0.2, 0.25) is 5.78 Å². The standard InChI is InChI=1S/C32H23ClO5/c1-2-20(34)16-31(36)30(35)28(33)29-25(15-23-21-9-5-3-7-18(21)11-13-26(23)37-29)32(31)17-24-22-10-6-4-8-19(22)12-14-27(24)38-32/h3-15,36H,2,16-17H2,1H3/t31-,32+/m1/s1. The van der Waals surface area contributed by atoms with Gasteiger partial charge in [0.25, 0.3) is 0 Å². The molecule has 1 aliphatic carbocycles. The molecule has 5 nitrogen and oxygen atoms in total. The highest BCUT2D eigenvalue weighted by atomic mass is 35.5. The number of halogens is 1. The van der Waals surface area contributed by atoms with Gasteiger partial charge in [-0.1, -0.05) is 79.2 Å². The van der Waals surface area contributed by atoms with E-state index in [1.54, 1.807) is 6.92 Å². The fraction of sp³-hybridized carbons (Fsp3) is 0.188. The summed E-state index contributed by atoms with van der Waals surface area (Å²) in [7, 11) is 0. The predicted molar refractivity (Wildman–Crippen MR) is 146 cm³/mol. The van der Waals surface area contributed by atoms with Gasteiger partial charge in [-0.2, -0.15) is 0 Å². The van der Waals surface area contributed by atoms with Crippen molar-refractivity contribution in [3.63, 3.8) is 0 Å². The van der Waals surface area contributed by atoms with E-state index in [1.165, 1.54) is 0 Å². The van der Waals surface area contributed by atoms with Gasteiger partial charge in [-0.15, -0.1) is 0 Å². The zero-order chi connectivity index (χ0) is 26.2. The summed E-state index contributed by atoms with van der Waals surface area (Å²) in [5.74, 6) is 0.237. The van der Waals surface area contributed by atoms with Crippen molar-refractivity contribution in [2.24, 2.45) is 0 Å². The lowest BCUT2D eigenvalue weighted by molar-refractivity contribution is -0.161. The van der Waals surface area contributed by atoms with Crippen molar-refractivity contribution in [2.75, 3.05) is 0 Å². The van der Waals surface area contributed by atoms with Crippen molar-refractivity contribution in [3.05, 3.63) is 100 Å². The molecule has 2 heterocycles. The Morgan fingerprint density at radius 1 is 0.947 bits per heavy atom. The van der Waals surface area contributed by atoms with E-state index in [0.717, 1.165) is 32.7 Å². The fourth-order valence-electron chi connectivity index (χ4n) is 6.12. The average Bonchev–Trinajstić information content (AvgIpc) is 3.36. The lowest BCUT2D eigenvalue weighted by Gasteiger charge is -2.48. The van der Waals surface area contributed by atoms with E-state index in [-0.39, 0.29) is 29.4 Å². The first-order valence-electron chi connectivity index (χ1n) is 12.7. The number of hydrogen-bond acceptors (Lipinski definition) is 5. The molecule has 6 heteroatoms. The molecule has 2 atom stereocenters. The van der Waals surface area contributed by atoms with Gasteiger partial charge in [0.15, 0.2) is 17.0 Å². The summed E-state index contributed by atoms with van der Waals surface area (Å²) in [5, 5.41) is 16.0. The highest BCUT2D eigenvalue weighted by molar-refractivity contribution is 6.45. The van der Waals surface area contributed by atoms with Crippen LogP contribution in [0.5, 0.6) is 11.5 Å². The SMILES string of the molecule is CCC(=O)C[C@@]1(O)C(=O)C(Cl)=C2Oc3ccc4ccccc4c3C=C2[C@@]12Cc1c(ccc3ccccc13)O2. The molecule has 7 rings (SSSR count). The minimum absolute atomic E-state index is 0.158. The molecule has 0 unspecified atom stereocenters. The number of carbonyl (C=O) groups excluding carboxylic acids is 2. The molecule has 2 aliphatic heterocycles. The number of rotatable bonds is 3. The second-order valence-corrected chi connectivity index (χ2v) is 10.5. The van der Waals surface area contributed by atoms with Gasteiger partial charge >= 0.3 is 0 Å². The average molecular weight is 523 g/mol. The molecule has 38 heavy (non-hydrogen) atoms. The number of ketones is 2. The van der Waals surface area contributed by atoms with E-state index in [0.29, 0.717) is 17.1 Å². The van der Waals surface area contributed by atoms with Gasteiger partial charge < -0.3 is 14.6 Å². The van der Waals surface area contributed by atoms with Crippen LogP contribution in [0.3, 0.4) is 0 Å². The van der Waals surface area contributed by atoms with Crippen molar-refractivity contribution in [3.8, 4) is 11.5 Å². The smallest absolute Gasteiger partial charge is 0.214 e. The quantitative estimate of drug-likeness (QED) is 0.343. The minimum Gasteiger partial charge on any atom is -0.478 e. The first-order valence-corrected chi connectivity index (χ1v) is 13.0. The number of benzene rings is 4. The van der Waals surface area contributed by atoms with Gasteiger partial charge in [0.1, 0.15) is 22.3 Å². The van der Waals surface area contributed by atoms with Crippen LogP contribution in [-0.2, 0) is 16.0 Å². The zero-order valence-electron chi connectivity index (χ0n) is 20.6. The molecular weight excluding hydrogens is 500 g/mol. The Morgan fingerprint density at radius 3 is 2.34 bits per heavy atom. The van der Waals surface area contributed by atoms with Crippen LogP contribution < -0.4 is 9.47 Å². The maximum atomic E-state index is 13.9. The number of fused-ring (bicyclic) bond motifs is 8. The molecular formula is C32H23ClO5. The lowest BCUT2D eigenvalue weighted by Crippen LogP contribution is -2.66. The largest absolute Gasteiger partial charge is 0.478 e. The van der Waals surface area contributed by atoms with Crippen LogP contribution in [0, 0.1) is 0 Å². The van der Waals surface area contributed by atoms with Crippen molar-refractivity contribution < 1.29 is 24.2 Å². The maximum absolute atomic E-state index is 13.9. The van der Waals surface area contributed by atoms with Crippen LogP contribution in [0.25, 0.3) is 27.6 Å². The topological polar surface area (TPSA) is 72.8 Å². The third kappa shape index (κ3) is 2.97. The molecule has 0 saturated carbocycles. The molecule has 0 radical (unpaired) electrons. The normalized spacial score (nSPS) is 23.6. The summed E-state index contributed by atoms with van der Waals surface area (Å²) < 4.78 is 13.0. The van der Waals surface area contributed by atoms with E-state index >= 15 is 0 Å². The van der Waals surface area contributed by atoms with Crippen molar-refractivity contribution >= 4 is 50.8 Å². The molecule has 3 aliphatic rings. The molecule has 0 aromatic heterocycles. The molecule has 4 aromatic rings. The van der Waals surface area contributed by atoms with Crippen LogP contribution in [0.1, 0.15) is 30.9 Å². The summed E-state index contributed by atoms with van der Waals surface area (Å²) in [4.78, 5) is 26.7. The van der Waals surface area contributed by atoms with E-state index in [1.807, 2.05) is 78.9 Å². The Balaban J connectivity index is 1.53. The number of aliphatic hydroxyl groups is 1. The Hall–Kier alpha value is -3.93. The number of carbonyl (C=O) groups is 2. The summed E-state index contributed by atoms with van der Waals surface area (Å²) in [5.41, 5.74) is -1.71. The van der Waals surface area contributed by atoms with Crippen LogP contribution in [-0.4, -0.2) is 27.9 Å². The Morgan fingerprint density at radius 2 is 1.61 bits per heavy atom. The van der Waals surface area contributed by atoms with Crippen molar-refractivity contribution in [2.45, 2.75) is 37.4 Å². The van der Waals surface area contributed by atoms with Gasteiger partial charge in [-0.25, -0.2) is 0 Å². The van der Waals surface area contributed by atoms with Crippen LogP contribution in [0.15, 0.2) is 89.2 Å². The second kappa shape index (κ2) is 8.03. The monoisotopic (exact) mass is 522 g/mol. The van der Waals surface area contributed by atoms with E-state index in [2.05, 4.69) is 0 Å². The third-order valence-electron chi connectivity index (χ3n) is 8.11. The second-order valence-electron chi connectivity index (χ2n) is 10.1. The Bertz CT molecular complexity index is 1780. The molecule has 1 spiro atoms. The lowest BCUT2D eigenvalue weighted by atomic mass is 9.65. The zero-order valence-corrected chi connectivity index (χ0v) is 21.3. The van der Waals surface area contributed by atoms with E-state index in [4.69, 9.17) is 21.1 Å². The predicted octanol–water partition coefficient (Wildman–Crippen LogP) is 6.28. The van der Waals surface area contributed by atoms with Gasteiger partial charge in [0.05, 0.1) is 0 Å². The van der Waals surface area contributed by atoms with Gasteiger partial charge in [0, 0.05) is 36.0 Å². The molecule has 4 aromatic carbocycles. The molecule has 0 amide bonds. The summed E-state index contributed by atoms with van der Waals surface area (Å²) in [6, 6.07) is 23.4. The summed E-state index contributed by atoms with van der Waals surface area (Å²) in [6.45, 7) is 1.71. The van der Waals surface area contributed by atoms with Crippen LogP contribution in [0.4, 0.5) is 0 Å². The third-order valence-corrected chi connectivity index (χ3v) is 8.45. The maximum Gasteiger partial charge on any atom is 0.214 e. The van der Waals surface area contributed by atoms with E-state index < -0.39 is 23.4 Å². The van der Waals surface area contributed by atoms with Crippen molar-refractivity contribution in [1.29, 1.82) is 0 Å².